The molecule has 2 aliphatic rings. The predicted molar refractivity (Wildman–Crippen MR) is 140 cm³/mol. The van der Waals surface area contributed by atoms with Crippen LogP contribution in [0.4, 0.5) is 4.79 Å². The number of esters is 1. The number of carbonyl (C=O) groups excluding carboxylic acids is 2. The van der Waals surface area contributed by atoms with Crippen molar-refractivity contribution < 1.29 is 28.1 Å². The Bertz CT molecular complexity index is 1050. The number of alkyl carbamates (subject to hydrolysis) is 1. The summed E-state index contributed by atoms with van der Waals surface area (Å²) in [5.41, 5.74) is 1.75. The van der Waals surface area contributed by atoms with E-state index in [0.29, 0.717) is 25.2 Å². The Hall–Kier alpha value is -3.37. The van der Waals surface area contributed by atoms with Gasteiger partial charge in [0, 0.05) is 18.6 Å². The molecule has 0 radical (unpaired) electrons. The maximum Gasteiger partial charge on any atom is 0.450 e. The van der Waals surface area contributed by atoms with Crippen molar-refractivity contribution in [3.05, 3.63) is 71.8 Å². The fourth-order valence-corrected chi connectivity index (χ4v) is 7.52. The Balaban J connectivity index is 1.28. The minimum atomic E-state index is -2.24. The van der Waals surface area contributed by atoms with Crippen molar-refractivity contribution in [3.8, 4) is 0 Å². The summed E-state index contributed by atoms with van der Waals surface area (Å²) in [6.07, 6.45) is 3.42. The molecule has 0 aromatic heterocycles. The number of benzene rings is 2. The highest BCUT2D eigenvalue weighted by atomic mass is 28.4. The van der Waals surface area contributed by atoms with Gasteiger partial charge in [0.15, 0.2) is 5.84 Å². The highest BCUT2D eigenvalue weighted by Gasteiger charge is 2.48. The molecule has 1 spiro atoms. The number of nitrogens with one attached hydrogen (secondary N) is 1. The number of nitrogens with zero attached hydrogens (tertiary/aromatic N) is 2. The molecule has 1 amide bonds. The average molecular weight is 526 g/mol. The van der Waals surface area contributed by atoms with Gasteiger partial charge in [0.2, 0.25) is 0 Å². The molecule has 0 saturated carbocycles. The Morgan fingerprint density at radius 3 is 2.24 bits per heavy atom. The highest BCUT2D eigenvalue weighted by Crippen LogP contribution is 2.35. The van der Waals surface area contributed by atoms with E-state index < -0.39 is 26.7 Å². The molecule has 1 atom stereocenters. The molecule has 10 heteroatoms. The van der Waals surface area contributed by atoms with Crippen molar-refractivity contribution in [2.24, 2.45) is 5.16 Å². The summed E-state index contributed by atoms with van der Waals surface area (Å²) >= 11 is 0. The van der Waals surface area contributed by atoms with E-state index in [1.165, 1.54) is 0 Å². The van der Waals surface area contributed by atoms with E-state index in [2.05, 4.69) is 10.5 Å². The maximum absolute atomic E-state index is 12.9. The van der Waals surface area contributed by atoms with Crippen LogP contribution in [0.2, 0.25) is 12.1 Å². The molecule has 198 valence electrons. The van der Waals surface area contributed by atoms with Crippen LogP contribution in [0, 0.1) is 0 Å². The van der Waals surface area contributed by atoms with E-state index in [-0.39, 0.29) is 13.2 Å². The van der Waals surface area contributed by atoms with Gasteiger partial charge in [-0.15, -0.1) is 0 Å². The molecule has 1 fully saturated rings. The number of amides is 1. The lowest BCUT2D eigenvalue weighted by Crippen LogP contribution is -2.50. The Morgan fingerprint density at radius 1 is 0.973 bits per heavy atom. The molecule has 37 heavy (non-hydrogen) atoms. The number of hydrogen-bond acceptors (Lipinski definition) is 8. The fourth-order valence-electron chi connectivity index (χ4n) is 4.37. The van der Waals surface area contributed by atoms with Crippen LogP contribution in [0.3, 0.4) is 0 Å². The van der Waals surface area contributed by atoms with Crippen LogP contribution in [0.1, 0.15) is 50.2 Å². The van der Waals surface area contributed by atoms with Crippen molar-refractivity contribution >= 4 is 26.5 Å². The van der Waals surface area contributed by atoms with Gasteiger partial charge in [-0.2, -0.15) is 0 Å². The molecule has 4 rings (SSSR count). The molecule has 0 aliphatic carbocycles. The first kappa shape index (κ1) is 26.7. The van der Waals surface area contributed by atoms with Crippen LogP contribution in [-0.2, 0) is 36.5 Å². The maximum atomic E-state index is 12.9. The lowest BCUT2D eigenvalue weighted by Gasteiger charge is -2.36. The summed E-state index contributed by atoms with van der Waals surface area (Å²) in [6.45, 7) is 2.76. The quantitative estimate of drug-likeness (QED) is 0.250. The minimum Gasteiger partial charge on any atom is -0.459 e. The third-order valence-electron chi connectivity index (χ3n) is 6.46. The Kier molecular flexibility index (Phi) is 9.56. The van der Waals surface area contributed by atoms with Crippen molar-refractivity contribution in [2.45, 2.75) is 70.4 Å². The monoisotopic (exact) mass is 525 g/mol. The number of carbonyl (C=O) groups is 2. The van der Waals surface area contributed by atoms with Gasteiger partial charge in [0.25, 0.3) is 0 Å². The zero-order chi connectivity index (χ0) is 25.9. The zero-order valence-corrected chi connectivity index (χ0v) is 22.3. The number of rotatable bonds is 11. The van der Waals surface area contributed by atoms with Gasteiger partial charge >= 0.3 is 20.6 Å². The molecule has 9 nitrogen and oxygen atoms in total. The third-order valence-corrected chi connectivity index (χ3v) is 9.67. The summed E-state index contributed by atoms with van der Waals surface area (Å²) in [5, 5.41) is 8.79. The van der Waals surface area contributed by atoms with Crippen LogP contribution < -0.4 is 5.32 Å². The van der Waals surface area contributed by atoms with E-state index in [9.17, 15) is 9.59 Å². The molecule has 2 heterocycles. The van der Waals surface area contributed by atoms with Gasteiger partial charge in [-0.05, 0) is 37.3 Å². The van der Waals surface area contributed by atoms with E-state index in [1.54, 1.807) is 0 Å². The smallest absolute Gasteiger partial charge is 0.450 e. The second-order valence-electron chi connectivity index (χ2n) is 9.39. The number of oxime groups is 1. The zero-order valence-electron chi connectivity index (χ0n) is 21.3. The first-order chi connectivity index (χ1) is 18.0. The summed E-state index contributed by atoms with van der Waals surface area (Å²) in [5.74, 6) is 0.213. The summed E-state index contributed by atoms with van der Waals surface area (Å²) in [4.78, 5) is 25.4. The third kappa shape index (κ3) is 8.06. The second-order valence-corrected chi connectivity index (χ2v) is 12.6. The Morgan fingerprint density at radius 2 is 1.59 bits per heavy atom. The molecule has 2 aromatic rings. The molecule has 1 N–H and O–H groups in total. The van der Waals surface area contributed by atoms with Crippen molar-refractivity contribution in [2.75, 3.05) is 6.54 Å². The van der Waals surface area contributed by atoms with E-state index in [4.69, 9.17) is 18.5 Å². The number of hydroxylamine groups is 2. The van der Waals surface area contributed by atoms with Crippen molar-refractivity contribution in [3.63, 3.8) is 0 Å². The normalized spacial score (nSPS) is 17.0. The molecular weight excluding hydrogens is 490 g/mol. The summed E-state index contributed by atoms with van der Waals surface area (Å²) in [7, 11) is -2.24. The fraction of sp³-hybridized carbons (Fsp3) is 0.444. The van der Waals surface area contributed by atoms with E-state index in [0.717, 1.165) is 42.5 Å². The number of hydrogen-bond donors (Lipinski definition) is 1. The van der Waals surface area contributed by atoms with Crippen molar-refractivity contribution in [1.82, 2.24) is 10.4 Å². The van der Waals surface area contributed by atoms with Gasteiger partial charge < -0.3 is 19.3 Å². The SMILES string of the molecule is CC1=NO[Si]2(CCCC2)ON1CCCC[C@H](NC(=O)OCc1ccccc1)C(=O)OCc1ccccc1. The Labute approximate surface area is 218 Å². The van der Waals surface area contributed by atoms with Crippen LogP contribution >= 0.6 is 0 Å². The molecule has 0 bridgehead atoms. The molecule has 0 unspecified atom stereocenters. The first-order valence-electron chi connectivity index (χ1n) is 12.9. The molecule has 2 aromatic carbocycles. The lowest BCUT2D eigenvalue weighted by molar-refractivity contribution is -0.147. The number of amidine groups is 1. The van der Waals surface area contributed by atoms with Gasteiger partial charge in [-0.1, -0.05) is 78.7 Å². The van der Waals surface area contributed by atoms with E-state index >= 15 is 0 Å². The van der Waals surface area contributed by atoms with Crippen LogP contribution in [0.5, 0.6) is 0 Å². The van der Waals surface area contributed by atoms with Gasteiger partial charge in [0.1, 0.15) is 19.3 Å². The second kappa shape index (κ2) is 13.3. The summed E-state index contributed by atoms with van der Waals surface area (Å²) in [6, 6.07) is 19.9. The largest absolute Gasteiger partial charge is 0.459 e. The van der Waals surface area contributed by atoms with Gasteiger partial charge in [-0.25, -0.2) is 14.7 Å². The van der Waals surface area contributed by atoms with Crippen LogP contribution in [0.15, 0.2) is 65.8 Å². The molecule has 2 aliphatic heterocycles. The average Bonchev–Trinajstić information content (AvgIpc) is 3.38. The first-order valence-corrected chi connectivity index (χ1v) is 15.1. The van der Waals surface area contributed by atoms with Gasteiger partial charge in [-0.3, -0.25) is 4.53 Å². The molecule has 1 saturated heterocycles. The standard InChI is InChI=1S/C27H35N3O6Si/c1-22-29-35-37(18-10-11-19-37)36-30(22)17-9-8-16-25(26(31)33-20-23-12-4-2-5-13-23)28-27(32)34-21-24-14-6-3-7-15-24/h2-7,12-15,25H,8-11,16-21H2,1H3,(H,28,32)/t25-/m0/s1. The van der Waals surface area contributed by atoms with E-state index in [1.807, 2.05) is 72.7 Å². The highest BCUT2D eigenvalue weighted by molar-refractivity contribution is 6.68. The lowest BCUT2D eigenvalue weighted by atomic mass is 10.1. The van der Waals surface area contributed by atoms with Crippen LogP contribution in [-0.4, -0.2) is 44.1 Å². The number of unbranched alkanes of at least 4 members (excludes halogenated alkanes) is 1. The summed E-state index contributed by atoms with van der Waals surface area (Å²) < 4.78 is 22.8. The molecular formula is C27H35N3O6Si. The van der Waals surface area contributed by atoms with Crippen molar-refractivity contribution in [1.29, 1.82) is 0 Å². The predicted octanol–water partition coefficient (Wildman–Crippen LogP) is 5.03. The minimum absolute atomic E-state index is 0.122. The van der Waals surface area contributed by atoms with Crippen LogP contribution in [0.25, 0.3) is 0 Å². The number of ether oxygens (including phenoxy) is 2. The van der Waals surface area contributed by atoms with Gasteiger partial charge in [0.05, 0.1) is 0 Å². The topological polar surface area (TPSA) is 98.7 Å².